The lowest BCUT2D eigenvalue weighted by Crippen LogP contribution is -2.50. The number of hydrogen-bond acceptors (Lipinski definition) is 2. The molecule has 3 unspecified atom stereocenters. The van der Waals surface area contributed by atoms with Crippen LogP contribution in [0, 0.1) is 11.8 Å². The molecule has 0 aromatic carbocycles. The van der Waals surface area contributed by atoms with Gasteiger partial charge in [0.25, 0.3) is 0 Å². The van der Waals surface area contributed by atoms with Crippen LogP contribution in [-0.4, -0.2) is 16.6 Å². The summed E-state index contributed by atoms with van der Waals surface area (Å²) in [5.74, 6) is 0.247. The zero-order valence-electron chi connectivity index (χ0n) is 8.42. The molecule has 0 aliphatic heterocycles. The highest BCUT2D eigenvalue weighted by atomic mass is 16.4. The summed E-state index contributed by atoms with van der Waals surface area (Å²) in [5.41, 5.74) is 5.62. The van der Waals surface area contributed by atoms with Gasteiger partial charge in [0.05, 0.1) is 6.42 Å². The quantitative estimate of drug-likeness (QED) is 0.687. The number of aliphatic carboxylic acids is 1. The van der Waals surface area contributed by atoms with Crippen molar-refractivity contribution in [2.45, 2.75) is 45.1 Å². The summed E-state index contributed by atoms with van der Waals surface area (Å²) in [6, 6.07) is 0. The molecule has 0 bridgehead atoms. The molecule has 0 aromatic rings. The molecular weight excluding hydrogens is 166 g/mol. The third-order valence-corrected chi connectivity index (χ3v) is 3.32. The van der Waals surface area contributed by atoms with E-state index in [0.29, 0.717) is 11.8 Å². The van der Waals surface area contributed by atoms with Crippen LogP contribution in [0.3, 0.4) is 0 Å². The van der Waals surface area contributed by atoms with E-state index in [-0.39, 0.29) is 6.42 Å². The van der Waals surface area contributed by atoms with Crippen LogP contribution in [0.15, 0.2) is 0 Å². The molecule has 0 aromatic heterocycles. The first-order valence-corrected chi connectivity index (χ1v) is 4.95. The minimum absolute atomic E-state index is 0.112. The van der Waals surface area contributed by atoms with E-state index in [9.17, 15) is 4.79 Å². The van der Waals surface area contributed by atoms with E-state index in [1.165, 1.54) is 0 Å². The number of hydrogen-bond donors (Lipinski definition) is 2. The fraction of sp³-hybridized carbons (Fsp3) is 0.900. The van der Waals surface area contributed by atoms with E-state index >= 15 is 0 Å². The second-order valence-electron chi connectivity index (χ2n) is 4.58. The summed E-state index contributed by atoms with van der Waals surface area (Å²) >= 11 is 0. The number of carboxylic acids is 1. The van der Waals surface area contributed by atoms with Gasteiger partial charge in [-0.2, -0.15) is 0 Å². The molecule has 1 aliphatic carbocycles. The highest BCUT2D eigenvalue weighted by Crippen LogP contribution is 2.36. The maximum atomic E-state index is 10.6. The molecule has 3 nitrogen and oxygen atoms in total. The number of carboxylic acid groups (broad SMARTS) is 1. The van der Waals surface area contributed by atoms with E-state index in [4.69, 9.17) is 10.8 Å². The molecule has 1 saturated carbocycles. The SMILES string of the molecule is CC1CCC(N)(CC(=O)O)C(C)C1. The second kappa shape index (κ2) is 3.66. The van der Waals surface area contributed by atoms with Crippen molar-refractivity contribution >= 4 is 5.97 Å². The Hall–Kier alpha value is -0.570. The molecule has 13 heavy (non-hydrogen) atoms. The van der Waals surface area contributed by atoms with Gasteiger partial charge in [0.2, 0.25) is 0 Å². The van der Waals surface area contributed by atoms with Crippen molar-refractivity contribution < 1.29 is 9.90 Å². The molecule has 0 amide bonds. The average Bonchev–Trinajstić information content (AvgIpc) is 1.97. The monoisotopic (exact) mass is 185 g/mol. The summed E-state index contributed by atoms with van der Waals surface area (Å²) in [4.78, 5) is 10.6. The average molecular weight is 185 g/mol. The fourth-order valence-electron chi connectivity index (χ4n) is 2.26. The molecular formula is C10H19NO2. The van der Waals surface area contributed by atoms with Gasteiger partial charge in [0.1, 0.15) is 0 Å². The van der Waals surface area contributed by atoms with Gasteiger partial charge in [-0.15, -0.1) is 0 Å². The molecule has 0 heterocycles. The van der Waals surface area contributed by atoms with E-state index in [1.807, 2.05) is 0 Å². The highest BCUT2D eigenvalue weighted by molar-refractivity contribution is 5.68. The summed E-state index contributed by atoms with van der Waals surface area (Å²) in [5, 5.41) is 8.73. The van der Waals surface area contributed by atoms with Crippen molar-refractivity contribution in [2.75, 3.05) is 0 Å². The predicted molar refractivity (Wildman–Crippen MR) is 51.4 cm³/mol. The van der Waals surface area contributed by atoms with Crippen molar-refractivity contribution in [1.29, 1.82) is 0 Å². The largest absolute Gasteiger partial charge is 0.481 e. The number of rotatable bonds is 2. The lowest BCUT2D eigenvalue weighted by Gasteiger charge is -2.41. The molecule has 3 atom stereocenters. The fourth-order valence-corrected chi connectivity index (χ4v) is 2.26. The summed E-state index contributed by atoms with van der Waals surface area (Å²) in [7, 11) is 0. The van der Waals surface area contributed by atoms with Gasteiger partial charge in [0.15, 0.2) is 0 Å². The Balaban J connectivity index is 2.61. The first-order valence-electron chi connectivity index (χ1n) is 4.95. The Morgan fingerprint density at radius 3 is 2.69 bits per heavy atom. The first kappa shape index (κ1) is 10.5. The topological polar surface area (TPSA) is 63.3 Å². The first-order chi connectivity index (χ1) is 5.94. The van der Waals surface area contributed by atoms with Crippen LogP contribution in [-0.2, 0) is 4.79 Å². The van der Waals surface area contributed by atoms with Gasteiger partial charge in [-0.1, -0.05) is 13.8 Å². The van der Waals surface area contributed by atoms with Gasteiger partial charge in [-0.05, 0) is 31.1 Å². The van der Waals surface area contributed by atoms with Crippen molar-refractivity contribution in [1.82, 2.24) is 0 Å². The predicted octanol–water partition coefficient (Wildman–Crippen LogP) is 1.61. The maximum absolute atomic E-state index is 10.6. The molecule has 3 heteroatoms. The minimum atomic E-state index is -0.774. The van der Waals surface area contributed by atoms with Crippen LogP contribution in [0.25, 0.3) is 0 Å². The zero-order chi connectivity index (χ0) is 10.1. The van der Waals surface area contributed by atoms with E-state index in [0.717, 1.165) is 19.3 Å². The van der Waals surface area contributed by atoms with Crippen LogP contribution in [0.5, 0.6) is 0 Å². The Morgan fingerprint density at radius 1 is 1.62 bits per heavy atom. The van der Waals surface area contributed by atoms with E-state index < -0.39 is 11.5 Å². The molecule has 0 radical (unpaired) electrons. The molecule has 1 fully saturated rings. The number of nitrogens with two attached hydrogens (primary N) is 1. The standard InChI is InChI=1S/C10H19NO2/c1-7-3-4-10(11,6-9(12)13)8(2)5-7/h7-8H,3-6,11H2,1-2H3,(H,12,13). The molecule has 1 rings (SSSR count). The van der Waals surface area contributed by atoms with Crippen LogP contribution in [0.1, 0.15) is 39.5 Å². The van der Waals surface area contributed by atoms with Crippen molar-refractivity contribution in [3.8, 4) is 0 Å². The van der Waals surface area contributed by atoms with Crippen molar-refractivity contribution in [2.24, 2.45) is 17.6 Å². The third-order valence-electron chi connectivity index (χ3n) is 3.32. The summed E-state index contributed by atoms with van der Waals surface area (Å²) < 4.78 is 0. The summed E-state index contributed by atoms with van der Waals surface area (Å²) in [6.45, 7) is 4.27. The van der Waals surface area contributed by atoms with Gasteiger partial charge >= 0.3 is 5.97 Å². The third kappa shape index (κ3) is 2.44. The lowest BCUT2D eigenvalue weighted by atomic mass is 9.69. The minimum Gasteiger partial charge on any atom is -0.481 e. The Labute approximate surface area is 79.3 Å². The van der Waals surface area contributed by atoms with E-state index in [2.05, 4.69) is 13.8 Å². The lowest BCUT2D eigenvalue weighted by molar-refractivity contribution is -0.139. The Kier molecular flexibility index (Phi) is 2.96. The highest BCUT2D eigenvalue weighted by Gasteiger charge is 2.38. The van der Waals surface area contributed by atoms with Gasteiger partial charge in [0, 0.05) is 5.54 Å². The summed E-state index contributed by atoms with van der Waals surface area (Å²) in [6.07, 6.45) is 3.08. The molecule has 1 aliphatic rings. The maximum Gasteiger partial charge on any atom is 0.305 e. The van der Waals surface area contributed by atoms with Gasteiger partial charge < -0.3 is 10.8 Å². The Bertz CT molecular complexity index is 205. The van der Waals surface area contributed by atoms with Crippen LogP contribution in [0.4, 0.5) is 0 Å². The van der Waals surface area contributed by atoms with Crippen molar-refractivity contribution in [3.63, 3.8) is 0 Å². The van der Waals surface area contributed by atoms with E-state index in [1.54, 1.807) is 0 Å². The smallest absolute Gasteiger partial charge is 0.305 e. The van der Waals surface area contributed by atoms with Gasteiger partial charge in [-0.3, -0.25) is 4.79 Å². The Morgan fingerprint density at radius 2 is 2.23 bits per heavy atom. The molecule has 76 valence electrons. The second-order valence-corrected chi connectivity index (χ2v) is 4.58. The van der Waals surface area contributed by atoms with Gasteiger partial charge in [-0.25, -0.2) is 0 Å². The number of carbonyl (C=O) groups is 1. The molecule has 3 N–H and O–H groups in total. The normalized spacial score (nSPS) is 40.2. The van der Waals surface area contributed by atoms with Crippen LogP contribution in [0.2, 0.25) is 0 Å². The zero-order valence-corrected chi connectivity index (χ0v) is 8.42. The van der Waals surface area contributed by atoms with Crippen LogP contribution < -0.4 is 5.73 Å². The van der Waals surface area contributed by atoms with Crippen molar-refractivity contribution in [3.05, 3.63) is 0 Å². The van der Waals surface area contributed by atoms with Crippen LogP contribution >= 0.6 is 0 Å². The molecule has 0 saturated heterocycles. The molecule has 0 spiro atoms.